The van der Waals surface area contributed by atoms with Crippen molar-refractivity contribution in [1.29, 1.82) is 0 Å². The molecule has 3 aromatic heterocycles. The summed E-state index contributed by atoms with van der Waals surface area (Å²) in [5.41, 5.74) is 8.08. The van der Waals surface area contributed by atoms with E-state index in [2.05, 4.69) is 30.3 Å². The Hall–Kier alpha value is -5.22. The van der Waals surface area contributed by atoms with E-state index in [1.165, 1.54) is 0 Å². The molecule has 0 radical (unpaired) electrons. The van der Waals surface area contributed by atoms with Gasteiger partial charge in [-0.2, -0.15) is 0 Å². The van der Waals surface area contributed by atoms with Crippen molar-refractivity contribution in [2.75, 3.05) is 0 Å². The molecular weight excluding hydrogens is 468 g/mol. The van der Waals surface area contributed by atoms with Crippen LogP contribution in [0.25, 0.3) is 77.8 Å². The summed E-state index contributed by atoms with van der Waals surface area (Å²) in [5.74, 6) is 0.674. The molecule has 0 atom stereocenters. The van der Waals surface area contributed by atoms with Crippen LogP contribution in [0.3, 0.4) is 0 Å². The first-order chi connectivity index (χ1) is 18.8. The van der Waals surface area contributed by atoms with Crippen LogP contribution in [0.4, 0.5) is 0 Å². The van der Waals surface area contributed by atoms with Crippen molar-refractivity contribution in [2.24, 2.45) is 0 Å². The van der Waals surface area contributed by atoms with Crippen molar-refractivity contribution in [3.63, 3.8) is 0 Å². The number of benzene rings is 5. The minimum atomic E-state index is 0.674. The van der Waals surface area contributed by atoms with E-state index >= 15 is 0 Å². The molecule has 5 aromatic carbocycles. The molecule has 4 heteroatoms. The smallest absolute Gasteiger partial charge is 0.160 e. The van der Waals surface area contributed by atoms with Gasteiger partial charge < -0.3 is 8.83 Å². The lowest BCUT2D eigenvalue weighted by atomic mass is 9.99. The van der Waals surface area contributed by atoms with E-state index in [1.54, 1.807) is 0 Å². The van der Waals surface area contributed by atoms with Gasteiger partial charge in [0.15, 0.2) is 5.82 Å². The van der Waals surface area contributed by atoms with Gasteiger partial charge in [0.25, 0.3) is 0 Å². The highest BCUT2D eigenvalue weighted by atomic mass is 16.3. The molecule has 0 aliphatic rings. The second-order valence-corrected chi connectivity index (χ2v) is 9.38. The van der Waals surface area contributed by atoms with Crippen LogP contribution >= 0.6 is 0 Å². The first-order valence-corrected chi connectivity index (χ1v) is 12.6. The van der Waals surface area contributed by atoms with Crippen LogP contribution in [0.15, 0.2) is 130 Å². The lowest BCUT2D eigenvalue weighted by Gasteiger charge is -2.11. The van der Waals surface area contributed by atoms with Crippen LogP contribution in [0.1, 0.15) is 0 Å². The van der Waals surface area contributed by atoms with E-state index in [0.29, 0.717) is 5.82 Å². The van der Waals surface area contributed by atoms with E-state index in [-0.39, 0.29) is 0 Å². The van der Waals surface area contributed by atoms with Crippen molar-refractivity contribution in [3.05, 3.63) is 121 Å². The van der Waals surface area contributed by atoms with Gasteiger partial charge in [-0.25, -0.2) is 9.97 Å². The fourth-order valence-electron chi connectivity index (χ4n) is 5.42. The molecule has 0 amide bonds. The largest absolute Gasteiger partial charge is 0.456 e. The van der Waals surface area contributed by atoms with Gasteiger partial charge in [-0.05, 0) is 30.3 Å². The average Bonchev–Trinajstić information content (AvgIpc) is 3.56. The molecular formula is C34H20N2O2. The minimum Gasteiger partial charge on any atom is -0.456 e. The molecule has 3 heterocycles. The van der Waals surface area contributed by atoms with Crippen molar-refractivity contribution in [2.45, 2.75) is 0 Å². The Morgan fingerprint density at radius 2 is 0.895 bits per heavy atom. The Labute approximate surface area is 217 Å². The third-order valence-corrected chi connectivity index (χ3v) is 7.12. The highest BCUT2D eigenvalue weighted by Gasteiger charge is 2.18. The minimum absolute atomic E-state index is 0.674. The molecule has 8 aromatic rings. The maximum absolute atomic E-state index is 6.18. The third kappa shape index (κ3) is 3.17. The molecule has 0 aliphatic carbocycles. The maximum atomic E-state index is 6.18. The van der Waals surface area contributed by atoms with Crippen LogP contribution in [0, 0.1) is 0 Å². The Morgan fingerprint density at radius 3 is 1.45 bits per heavy atom. The molecule has 178 valence electrons. The second-order valence-electron chi connectivity index (χ2n) is 9.38. The molecule has 4 nitrogen and oxygen atoms in total. The summed E-state index contributed by atoms with van der Waals surface area (Å²) in [6.45, 7) is 0. The van der Waals surface area contributed by atoms with Crippen molar-refractivity contribution in [1.82, 2.24) is 9.97 Å². The quantitative estimate of drug-likeness (QED) is 0.249. The summed E-state index contributed by atoms with van der Waals surface area (Å²) in [7, 11) is 0. The lowest BCUT2D eigenvalue weighted by molar-refractivity contribution is 0.668. The lowest BCUT2D eigenvalue weighted by Crippen LogP contribution is -1.96. The molecule has 0 saturated heterocycles. The normalized spacial score (nSPS) is 11.7. The molecule has 0 unspecified atom stereocenters. The number of rotatable bonds is 3. The summed E-state index contributed by atoms with van der Waals surface area (Å²) in [4.78, 5) is 10.2. The van der Waals surface area contributed by atoms with E-state index in [0.717, 1.165) is 72.0 Å². The van der Waals surface area contributed by atoms with Gasteiger partial charge in [0.2, 0.25) is 0 Å². The highest BCUT2D eigenvalue weighted by Crippen LogP contribution is 2.40. The summed E-state index contributed by atoms with van der Waals surface area (Å²) in [5, 5.41) is 4.25. The Morgan fingerprint density at radius 1 is 0.421 bits per heavy atom. The second kappa shape index (κ2) is 8.15. The number of hydrogen-bond donors (Lipinski definition) is 0. The SMILES string of the molecule is c1ccc(-c2nc(-c3cccc4oc5ccccc5c34)cc(-c3cccc4oc5ccccc5c34)n2)cc1. The fraction of sp³-hybridized carbons (Fsp3) is 0. The van der Waals surface area contributed by atoms with Gasteiger partial charge in [-0.3, -0.25) is 0 Å². The molecule has 0 spiro atoms. The van der Waals surface area contributed by atoms with Crippen LogP contribution in [-0.4, -0.2) is 9.97 Å². The highest BCUT2D eigenvalue weighted by molar-refractivity contribution is 6.14. The van der Waals surface area contributed by atoms with Gasteiger partial charge >= 0.3 is 0 Å². The monoisotopic (exact) mass is 488 g/mol. The predicted molar refractivity (Wildman–Crippen MR) is 153 cm³/mol. The number of para-hydroxylation sites is 2. The maximum Gasteiger partial charge on any atom is 0.160 e. The average molecular weight is 489 g/mol. The summed E-state index contributed by atoms with van der Waals surface area (Å²) < 4.78 is 12.4. The van der Waals surface area contributed by atoms with Crippen molar-refractivity contribution < 1.29 is 8.83 Å². The Bertz CT molecular complexity index is 2010. The third-order valence-electron chi connectivity index (χ3n) is 7.12. The first kappa shape index (κ1) is 20.9. The van der Waals surface area contributed by atoms with Crippen molar-refractivity contribution in [3.8, 4) is 33.9 Å². The van der Waals surface area contributed by atoms with E-state index in [1.807, 2.05) is 91.0 Å². The molecule has 0 fully saturated rings. The summed E-state index contributed by atoms with van der Waals surface area (Å²) >= 11 is 0. The first-order valence-electron chi connectivity index (χ1n) is 12.6. The predicted octanol–water partition coefficient (Wildman–Crippen LogP) is 9.28. The Balaban J connectivity index is 1.46. The van der Waals surface area contributed by atoms with Crippen LogP contribution in [0.5, 0.6) is 0 Å². The molecule has 38 heavy (non-hydrogen) atoms. The van der Waals surface area contributed by atoms with E-state index in [9.17, 15) is 0 Å². The fourth-order valence-corrected chi connectivity index (χ4v) is 5.42. The Kier molecular flexibility index (Phi) is 4.49. The number of fused-ring (bicyclic) bond motifs is 6. The van der Waals surface area contributed by atoms with Gasteiger partial charge in [0, 0.05) is 38.2 Å². The van der Waals surface area contributed by atoms with Crippen molar-refractivity contribution >= 4 is 43.9 Å². The molecule has 0 N–H and O–H groups in total. The van der Waals surface area contributed by atoms with Gasteiger partial charge in [0.1, 0.15) is 22.3 Å². The topological polar surface area (TPSA) is 52.1 Å². The number of furan rings is 2. The zero-order valence-electron chi connectivity index (χ0n) is 20.3. The molecule has 0 bridgehead atoms. The summed E-state index contributed by atoms with van der Waals surface area (Å²) in [6, 6.07) is 40.8. The molecule has 0 saturated carbocycles. The number of aromatic nitrogens is 2. The van der Waals surface area contributed by atoms with Gasteiger partial charge in [0.05, 0.1) is 11.4 Å². The molecule has 0 aliphatic heterocycles. The van der Waals surface area contributed by atoms with Gasteiger partial charge in [-0.15, -0.1) is 0 Å². The number of nitrogens with zero attached hydrogens (tertiary/aromatic N) is 2. The van der Waals surface area contributed by atoms with Crippen LogP contribution in [0.2, 0.25) is 0 Å². The number of hydrogen-bond acceptors (Lipinski definition) is 4. The van der Waals surface area contributed by atoms with Crippen LogP contribution in [-0.2, 0) is 0 Å². The standard InChI is InChI=1S/C34H20N2O2/c1-2-10-21(11-3-1)34-35-26(22-14-8-18-30-32(22)24-12-4-6-16-28(24)37-30)20-27(36-34)23-15-9-19-31-33(23)25-13-5-7-17-29(25)38-31/h1-20H. The molecule has 8 rings (SSSR count). The zero-order valence-corrected chi connectivity index (χ0v) is 20.3. The zero-order chi connectivity index (χ0) is 25.1. The van der Waals surface area contributed by atoms with E-state index < -0.39 is 0 Å². The summed E-state index contributed by atoms with van der Waals surface area (Å²) in [6.07, 6.45) is 0. The van der Waals surface area contributed by atoms with Gasteiger partial charge in [-0.1, -0.05) is 91.0 Å². The van der Waals surface area contributed by atoms with E-state index in [4.69, 9.17) is 18.8 Å². The van der Waals surface area contributed by atoms with Crippen LogP contribution < -0.4 is 0 Å².